The van der Waals surface area contributed by atoms with E-state index in [9.17, 15) is 34.2 Å². The number of benzene rings is 4. The summed E-state index contributed by atoms with van der Waals surface area (Å²) >= 11 is 0. The van der Waals surface area contributed by atoms with Crippen LogP contribution in [0.4, 0.5) is 4.79 Å². The molecule has 0 radical (unpaired) electrons. The predicted molar refractivity (Wildman–Crippen MR) is 292 cm³/mol. The van der Waals surface area contributed by atoms with Crippen molar-refractivity contribution in [1.82, 2.24) is 29.2 Å². The van der Waals surface area contributed by atoms with Gasteiger partial charge < -0.3 is 63.0 Å². The number of carboxylic acids is 2. The number of piperidine rings is 2. The number of aromatic carboxylic acids is 2. The molecule has 2 aromatic heterocycles. The summed E-state index contributed by atoms with van der Waals surface area (Å²) in [6, 6.07) is 25.5. The van der Waals surface area contributed by atoms with Gasteiger partial charge in [-0.2, -0.15) is 0 Å². The maximum absolute atomic E-state index is 13.4. The Morgan fingerprint density at radius 2 is 1.05 bits per heavy atom. The Balaban J connectivity index is 0.000000191. The molecule has 0 spiro atoms. The van der Waals surface area contributed by atoms with E-state index in [0.717, 1.165) is 104 Å². The lowest BCUT2D eigenvalue weighted by molar-refractivity contribution is 0.00559. The highest BCUT2D eigenvalue weighted by atomic mass is 16.6. The number of carboxylic acid groups (broad SMARTS) is 2. The molecule has 0 atom stereocenters. The minimum Gasteiger partial charge on any atom is -0.486 e. The van der Waals surface area contributed by atoms with Crippen LogP contribution in [0.1, 0.15) is 89.4 Å². The number of rotatable bonds is 14. The maximum Gasteiger partial charge on any atom is 0.410 e. The number of ether oxygens (including phenoxy) is 5. The Hall–Kier alpha value is -7.41. The molecule has 0 saturated carbocycles. The number of carbonyl (C=O) groups is 3. The SMILES string of the molecule is Cc1cc(=O)n(CCN2CCC(N(Cc3ccc4c(c3)OCCO4)C(=O)OC(C)(C)C)CC2)c2cc(C(=O)O)ccc12.Cc1cc(=O)n(CCN2CCC(NCc3ccc4c(c3)OCCO4)CC2)c2cc(C(=O)O)ccc12. The normalized spacial score (nSPS) is 16.2. The Morgan fingerprint density at radius 1 is 0.597 bits per heavy atom. The summed E-state index contributed by atoms with van der Waals surface area (Å²) in [5.41, 5.74) is 4.63. The lowest BCUT2D eigenvalue weighted by atomic mass is 10.0. The highest BCUT2D eigenvalue weighted by molar-refractivity contribution is 5.95. The minimum absolute atomic E-state index is 0.00893. The van der Waals surface area contributed by atoms with Gasteiger partial charge in [0.05, 0.1) is 22.2 Å². The highest BCUT2D eigenvalue weighted by Crippen LogP contribution is 2.33. The molecule has 0 aliphatic carbocycles. The zero-order chi connectivity index (χ0) is 54.4. The summed E-state index contributed by atoms with van der Waals surface area (Å²) in [4.78, 5) is 68.5. The summed E-state index contributed by atoms with van der Waals surface area (Å²) in [5, 5.41) is 24.3. The number of nitrogens with zero attached hydrogens (tertiary/aromatic N) is 5. The van der Waals surface area contributed by atoms with Crippen molar-refractivity contribution in [2.75, 3.05) is 65.7 Å². The van der Waals surface area contributed by atoms with E-state index in [0.29, 0.717) is 81.2 Å². The summed E-state index contributed by atoms with van der Waals surface area (Å²) in [6.07, 6.45) is 3.25. The molecule has 18 heteroatoms. The molecule has 408 valence electrons. The van der Waals surface area contributed by atoms with E-state index >= 15 is 0 Å². The average molecular weight is 1060 g/mol. The number of carbonyl (C=O) groups excluding carboxylic acids is 1. The standard InChI is InChI=1S/C32H39N3O7.C27H31N3O5/c1-21-17-29(36)34(26-19-23(30(37)38)6-7-25(21)26)14-13-33-11-9-24(10-12-33)35(31(39)42-32(2,3)4)20-22-5-8-27-28(18-22)41-16-15-40-27;1-18-14-26(31)30(23-16-20(27(32)33)3-4-22(18)23)11-10-29-8-6-21(7-9-29)28-17-19-2-5-24-25(15-19)35-13-12-34-24/h5-8,17-19,24H,9-16,20H2,1-4H3,(H,37,38);2-5,14-16,21,28H,6-13,17H2,1H3,(H,32,33). The van der Waals surface area contributed by atoms with E-state index in [-0.39, 0.29) is 34.4 Å². The Kier molecular flexibility index (Phi) is 16.9. The molecule has 6 aromatic rings. The van der Waals surface area contributed by atoms with E-state index in [2.05, 4.69) is 27.2 Å². The van der Waals surface area contributed by atoms with Gasteiger partial charge in [0.1, 0.15) is 32.0 Å². The Morgan fingerprint density at radius 3 is 1.53 bits per heavy atom. The van der Waals surface area contributed by atoms with E-state index in [4.69, 9.17) is 23.7 Å². The molecule has 10 rings (SSSR count). The summed E-state index contributed by atoms with van der Waals surface area (Å²) in [7, 11) is 0. The second-order valence-corrected chi connectivity index (χ2v) is 21.3. The monoisotopic (exact) mass is 1050 g/mol. The van der Waals surface area contributed by atoms with E-state index in [1.54, 1.807) is 57.7 Å². The maximum atomic E-state index is 13.4. The van der Waals surface area contributed by atoms with E-state index in [1.165, 1.54) is 5.56 Å². The van der Waals surface area contributed by atoms with Gasteiger partial charge in [0.25, 0.3) is 11.1 Å². The summed E-state index contributed by atoms with van der Waals surface area (Å²) < 4.78 is 31.8. The van der Waals surface area contributed by atoms with Crippen LogP contribution >= 0.6 is 0 Å². The van der Waals surface area contributed by atoms with Crippen LogP contribution in [-0.2, 0) is 30.9 Å². The summed E-state index contributed by atoms with van der Waals surface area (Å²) in [5.74, 6) is 1.02. The topological polar surface area (TPSA) is 204 Å². The molecule has 1 amide bonds. The van der Waals surface area contributed by atoms with Crippen LogP contribution < -0.4 is 35.4 Å². The van der Waals surface area contributed by atoms with Gasteiger partial charge in [0.2, 0.25) is 0 Å². The number of nitrogens with one attached hydrogen (secondary N) is 1. The minimum atomic E-state index is -1.02. The number of hydrogen-bond donors (Lipinski definition) is 3. The molecule has 0 unspecified atom stereocenters. The number of aryl methyl sites for hydroxylation is 2. The first-order chi connectivity index (χ1) is 37.0. The van der Waals surface area contributed by atoms with Crippen molar-refractivity contribution in [2.24, 2.45) is 0 Å². The van der Waals surface area contributed by atoms with Gasteiger partial charge in [0, 0.05) is 87.3 Å². The van der Waals surface area contributed by atoms with Crippen LogP contribution in [0.3, 0.4) is 0 Å². The molecule has 2 fully saturated rings. The first-order valence-electron chi connectivity index (χ1n) is 26.7. The molecule has 4 aliphatic rings. The van der Waals surface area contributed by atoms with Gasteiger partial charge in [-0.25, -0.2) is 14.4 Å². The third-order valence-corrected chi connectivity index (χ3v) is 14.8. The van der Waals surface area contributed by atoms with E-state index < -0.39 is 17.5 Å². The van der Waals surface area contributed by atoms with Gasteiger partial charge in [-0.05, 0) is 144 Å². The van der Waals surface area contributed by atoms with E-state index in [1.807, 2.05) is 63.8 Å². The second-order valence-electron chi connectivity index (χ2n) is 21.3. The smallest absolute Gasteiger partial charge is 0.410 e. The van der Waals surface area contributed by atoms with Gasteiger partial charge in [0.15, 0.2) is 23.0 Å². The lowest BCUT2D eigenvalue weighted by Crippen LogP contribution is -2.49. The van der Waals surface area contributed by atoms with Gasteiger partial charge in [-0.1, -0.05) is 24.3 Å². The zero-order valence-corrected chi connectivity index (χ0v) is 44.7. The Bertz CT molecular complexity index is 3260. The molecule has 18 nitrogen and oxygen atoms in total. The fraction of sp³-hybridized carbons (Fsp3) is 0.441. The van der Waals surface area contributed by atoms with Gasteiger partial charge in [-0.15, -0.1) is 0 Å². The van der Waals surface area contributed by atoms with Gasteiger partial charge >= 0.3 is 18.0 Å². The van der Waals surface area contributed by atoms with Crippen molar-refractivity contribution in [3.63, 3.8) is 0 Å². The summed E-state index contributed by atoms with van der Waals surface area (Å²) in [6.45, 7) is 18.5. The van der Waals surface area contributed by atoms with Crippen LogP contribution in [0.25, 0.3) is 21.8 Å². The van der Waals surface area contributed by atoms with Crippen LogP contribution in [-0.4, -0.2) is 135 Å². The van der Waals surface area contributed by atoms with Crippen molar-refractivity contribution in [3.05, 3.63) is 139 Å². The lowest BCUT2D eigenvalue weighted by Gasteiger charge is -2.39. The molecular weight excluding hydrogens is 985 g/mol. The molecule has 6 heterocycles. The zero-order valence-electron chi connectivity index (χ0n) is 44.7. The van der Waals surface area contributed by atoms with Crippen molar-refractivity contribution >= 4 is 39.8 Å². The molecule has 0 bridgehead atoms. The highest BCUT2D eigenvalue weighted by Gasteiger charge is 2.32. The fourth-order valence-corrected chi connectivity index (χ4v) is 10.6. The van der Waals surface area contributed by atoms with Crippen molar-refractivity contribution < 1.29 is 48.3 Å². The second kappa shape index (κ2) is 23.9. The predicted octanol–water partition coefficient (Wildman–Crippen LogP) is 7.71. The number of aromatic nitrogens is 2. The van der Waals surface area contributed by atoms with Crippen LogP contribution in [0.5, 0.6) is 23.0 Å². The quantitative estimate of drug-likeness (QED) is 0.0956. The number of amides is 1. The van der Waals surface area contributed by atoms with Crippen molar-refractivity contribution in [1.29, 1.82) is 0 Å². The third-order valence-electron chi connectivity index (χ3n) is 14.8. The van der Waals surface area contributed by atoms with Crippen molar-refractivity contribution in [3.8, 4) is 23.0 Å². The van der Waals surface area contributed by atoms with Crippen LogP contribution in [0.2, 0.25) is 0 Å². The molecule has 3 N–H and O–H groups in total. The molecule has 2 saturated heterocycles. The average Bonchev–Trinajstić information content (AvgIpc) is 3.42. The molecular formula is C59H70N6O12. The Labute approximate surface area is 447 Å². The molecule has 4 aliphatic heterocycles. The van der Waals surface area contributed by atoms with Crippen LogP contribution in [0.15, 0.2) is 94.5 Å². The molecule has 77 heavy (non-hydrogen) atoms. The largest absolute Gasteiger partial charge is 0.486 e. The number of pyridine rings is 2. The first kappa shape index (κ1) is 54.4. The van der Waals surface area contributed by atoms with Crippen molar-refractivity contribution in [2.45, 2.75) is 104 Å². The molecule has 4 aromatic carbocycles. The number of likely N-dealkylation sites (tertiary alicyclic amines) is 2. The fourth-order valence-electron chi connectivity index (χ4n) is 10.6. The first-order valence-corrected chi connectivity index (χ1v) is 26.7. The number of fused-ring (bicyclic) bond motifs is 4. The number of hydrogen-bond acceptors (Lipinski definition) is 13. The van der Waals surface area contributed by atoms with Crippen LogP contribution in [0, 0.1) is 13.8 Å². The van der Waals surface area contributed by atoms with Gasteiger partial charge in [-0.3, -0.25) is 9.59 Å². The third kappa shape index (κ3) is 13.4.